The molecule has 2 heterocycles. The average Bonchev–Trinajstić information content (AvgIpc) is 3.65. The van der Waals surface area contributed by atoms with E-state index >= 15 is 0 Å². The average molecular weight is 881 g/mol. The molecular formula is C49H68N2O12. The van der Waals surface area contributed by atoms with Crippen LogP contribution < -0.4 is 9.47 Å². The Kier molecular flexibility index (Phi) is 13.8. The van der Waals surface area contributed by atoms with Crippen molar-refractivity contribution in [1.29, 1.82) is 0 Å². The van der Waals surface area contributed by atoms with Crippen LogP contribution >= 0.6 is 0 Å². The van der Waals surface area contributed by atoms with Gasteiger partial charge in [-0.2, -0.15) is 0 Å². The number of aromatic nitrogens is 2. The van der Waals surface area contributed by atoms with Crippen molar-refractivity contribution in [1.82, 2.24) is 9.78 Å². The Labute approximate surface area is 378 Å². The number of nitrogens with zero attached hydrogens (tertiary/aromatic N) is 2. The molecule has 4 rings (SSSR count). The van der Waals surface area contributed by atoms with Crippen molar-refractivity contribution in [2.45, 2.75) is 160 Å². The summed E-state index contributed by atoms with van der Waals surface area (Å²) in [6.45, 7) is 16.9. The molecule has 5 atom stereocenters. The lowest BCUT2D eigenvalue weighted by molar-refractivity contribution is -0.294. The zero-order valence-electron chi connectivity index (χ0n) is 42.8. The summed E-state index contributed by atoms with van der Waals surface area (Å²) in [6.07, 6.45) is -8.42. The summed E-state index contributed by atoms with van der Waals surface area (Å²) in [5.74, 6) is -3.84. The summed E-state index contributed by atoms with van der Waals surface area (Å²) < 4.78 is 76.7. The molecule has 1 saturated heterocycles. The Morgan fingerprint density at radius 2 is 1.30 bits per heavy atom. The first kappa shape index (κ1) is 44.4. The van der Waals surface area contributed by atoms with Gasteiger partial charge in [-0.15, -0.1) is 5.10 Å². The number of carbonyl (C=O) groups excluding carboxylic acids is 5. The molecule has 63 heavy (non-hydrogen) atoms. The van der Waals surface area contributed by atoms with Crippen molar-refractivity contribution in [3.05, 3.63) is 76.5 Å². The van der Waals surface area contributed by atoms with Gasteiger partial charge in [0.25, 0.3) is 0 Å². The Morgan fingerprint density at radius 1 is 0.762 bits per heavy atom. The van der Waals surface area contributed by atoms with Gasteiger partial charge in [0.15, 0.2) is 12.2 Å². The number of hydrogen-bond donors (Lipinski definition) is 0. The first-order chi connectivity index (χ1) is 31.2. The van der Waals surface area contributed by atoms with E-state index in [0.29, 0.717) is 23.6 Å². The van der Waals surface area contributed by atoms with Gasteiger partial charge in [-0.3, -0.25) is 24.0 Å². The lowest BCUT2D eigenvalue weighted by atomic mass is 9.93. The SMILES string of the molecule is [2H]CC(C)(C)C(=O)OC[C@H]1OC(Oc2nn(C(C)=O)c(C(C)C)c2Cc2ccc(OCc3ccccc3)cc2C)[C@H](OC(=O)C(C)(C)C[2H])[C@@H](OC(=O)C(C)(C)C[2H])[C@@H]1OC(=O)C(C)(C)C[2H]. The van der Waals surface area contributed by atoms with Crippen molar-refractivity contribution in [3.63, 3.8) is 0 Å². The third kappa shape index (κ3) is 13.2. The highest BCUT2D eigenvalue weighted by Gasteiger charge is 2.56. The fraction of sp³-hybridized carbons (Fsp3) is 0.592. The molecule has 346 valence electrons. The molecule has 0 spiro atoms. The van der Waals surface area contributed by atoms with Crippen LogP contribution in [0, 0.1) is 28.6 Å². The van der Waals surface area contributed by atoms with E-state index in [1.165, 1.54) is 67.0 Å². The highest BCUT2D eigenvalue weighted by Crippen LogP contribution is 2.38. The molecule has 0 bridgehead atoms. The molecule has 0 amide bonds. The zero-order valence-corrected chi connectivity index (χ0v) is 38.8. The zero-order chi connectivity index (χ0) is 50.2. The van der Waals surface area contributed by atoms with Gasteiger partial charge in [-0.1, -0.05) is 50.2 Å². The maximum atomic E-state index is 14.0. The van der Waals surface area contributed by atoms with Crippen LogP contribution in [0.1, 0.15) is 148 Å². The Bertz CT molecular complexity index is 2230. The Balaban J connectivity index is 1.94. The molecule has 0 saturated carbocycles. The van der Waals surface area contributed by atoms with Crippen molar-refractivity contribution in [3.8, 4) is 11.6 Å². The molecule has 0 aliphatic carbocycles. The summed E-state index contributed by atoms with van der Waals surface area (Å²) in [7, 11) is 0. The van der Waals surface area contributed by atoms with Crippen molar-refractivity contribution >= 4 is 29.8 Å². The summed E-state index contributed by atoms with van der Waals surface area (Å²) >= 11 is 0. The van der Waals surface area contributed by atoms with Gasteiger partial charge in [0.05, 0.1) is 27.4 Å². The minimum atomic E-state index is -1.79. The van der Waals surface area contributed by atoms with Crippen LogP contribution in [0.25, 0.3) is 0 Å². The van der Waals surface area contributed by atoms with Crippen LogP contribution in [0.5, 0.6) is 11.6 Å². The van der Waals surface area contributed by atoms with Crippen LogP contribution in [0.2, 0.25) is 0 Å². The van der Waals surface area contributed by atoms with Gasteiger partial charge < -0.3 is 33.2 Å². The summed E-state index contributed by atoms with van der Waals surface area (Å²) in [5.41, 5.74) is -1.95. The molecule has 14 nitrogen and oxygen atoms in total. The number of hydrogen-bond acceptors (Lipinski definition) is 13. The minimum absolute atomic E-state index is 0.123. The number of rotatable bonds is 13. The van der Waals surface area contributed by atoms with Crippen LogP contribution in [0.4, 0.5) is 0 Å². The fourth-order valence-electron chi connectivity index (χ4n) is 6.25. The molecule has 14 heteroatoms. The van der Waals surface area contributed by atoms with E-state index in [4.69, 9.17) is 38.6 Å². The molecular weight excluding hydrogens is 809 g/mol. The smallest absolute Gasteiger partial charge is 0.311 e. The monoisotopic (exact) mass is 881 g/mol. The number of aryl methyl sites for hydroxylation is 1. The van der Waals surface area contributed by atoms with Gasteiger partial charge in [0, 0.05) is 24.4 Å². The van der Waals surface area contributed by atoms with Gasteiger partial charge in [0.2, 0.25) is 24.2 Å². The van der Waals surface area contributed by atoms with E-state index in [0.717, 1.165) is 16.7 Å². The highest BCUT2D eigenvalue weighted by molar-refractivity contribution is 5.78. The molecule has 0 radical (unpaired) electrons. The second-order valence-corrected chi connectivity index (χ2v) is 19.2. The van der Waals surface area contributed by atoms with Crippen LogP contribution in [0.3, 0.4) is 0 Å². The molecule has 1 aromatic heterocycles. The maximum absolute atomic E-state index is 14.0. The highest BCUT2D eigenvalue weighted by atomic mass is 16.7. The van der Waals surface area contributed by atoms with Gasteiger partial charge in [0.1, 0.15) is 25.1 Å². The fourth-order valence-corrected chi connectivity index (χ4v) is 6.25. The van der Waals surface area contributed by atoms with E-state index in [-0.39, 0.29) is 25.1 Å². The lowest BCUT2D eigenvalue weighted by Gasteiger charge is -2.45. The Morgan fingerprint density at radius 3 is 1.83 bits per heavy atom. The number of carbonyl (C=O) groups is 5. The molecule has 3 aromatic rings. The Hall–Kier alpha value is -5.24. The second-order valence-electron chi connectivity index (χ2n) is 19.2. The van der Waals surface area contributed by atoms with E-state index < -0.39 is 109 Å². The predicted molar refractivity (Wildman–Crippen MR) is 235 cm³/mol. The molecule has 2 aromatic carbocycles. The van der Waals surface area contributed by atoms with Crippen molar-refractivity contribution in [2.24, 2.45) is 21.7 Å². The van der Waals surface area contributed by atoms with E-state index in [1.54, 1.807) is 0 Å². The topological polar surface area (TPSA) is 168 Å². The summed E-state index contributed by atoms with van der Waals surface area (Å²) in [5, 5.41) is 4.63. The third-order valence-corrected chi connectivity index (χ3v) is 9.90. The first-order valence-corrected chi connectivity index (χ1v) is 20.9. The number of ether oxygens (including phenoxy) is 7. The van der Waals surface area contributed by atoms with Crippen LogP contribution in [-0.4, -0.2) is 76.9 Å². The normalized spacial score (nSPS) is 20.4. The second kappa shape index (κ2) is 19.7. The molecule has 1 fully saturated rings. The standard InChI is InChI=1S/C49H68N2O12/c1-28(2)36-34(25-32-22-23-33(24-29(32)3)57-26-31-20-18-17-19-21-31)40(50-51(36)30(4)52)63-41-39(62-45(56)49(14,15)16)38(61-44(55)48(11,12)13)37(60-43(54)47(8,9)10)35(59-41)27-58-42(53)46(5,6)7/h17-24,28,35,37-39,41H,25-27H2,1-16H3/t35-,37-,38+,39-,41?/m1/s1/i5D,8D,11D,14D. The number of benzene rings is 2. The molecule has 0 N–H and O–H groups in total. The largest absolute Gasteiger partial charge is 0.489 e. The third-order valence-electron chi connectivity index (χ3n) is 9.90. The number of esters is 4. The molecule has 1 unspecified atom stereocenters. The van der Waals surface area contributed by atoms with Gasteiger partial charge in [-0.25, -0.2) is 4.68 Å². The minimum Gasteiger partial charge on any atom is -0.489 e. The predicted octanol–water partition coefficient (Wildman–Crippen LogP) is 8.71. The van der Waals surface area contributed by atoms with E-state index in [9.17, 15) is 24.0 Å². The van der Waals surface area contributed by atoms with Crippen LogP contribution in [0.15, 0.2) is 48.5 Å². The van der Waals surface area contributed by atoms with Gasteiger partial charge >= 0.3 is 23.9 Å². The van der Waals surface area contributed by atoms with E-state index in [2.05, 4.69) is 5.10 Å². The first-order valence-electron chi connectivity index (χ1n) is 23.7. The summed E-state index contributed by atoms with van der Waals surface area (Å²) in [6, 6.07) is 15.3. The summed E-state index contributed by atoms with van der Waals surface area (Å²) in [4.78, 5) is 68.6. The molecule has 1 aliphatic heterocycles. The van der Waals surface area contributed by atoms with E-state index in [1.807, 2.05) is 69.3 Å². The molecule has 1 aliphatic rings. The van der Waals surface area contributed by atoms with Crippen LogP contribution in [-0.2, 0) is 55.9 Å². The van der Waals surface area contributed by atoms with Gasteiger partial charge in [-0.05, 0) is 125 Å². The lowest BCUT2D eigenvalue weighted by Crippen LogP contribution is -2.65. The maximum Gasteiger partial charge on any atom is 0.311 e. The quantitative estimate of drug-likeness (QED) is 0.118. The van der Waals surface area contributed by atoms with Crippen molar-refractivity contribution in [2.75, 3.05) is 6.61 Å². The van der Waals surface area contributed by atoms with Crippen molar-refractivity contribution < 1.29 is 62.6 Å².